The van der Waals surface area contributed by atoms with Crippen LogP contribution in [0.4, 0.5) is 0 Å². The van der Waals surface area contributed by atoms with Crippen LogP contribution in [0, 0.1) is 11.8 Å². The fourth-order valence-electron chi connectivity index (χ4n) is 3.95. The van der Waals surface area contributed by atoms with Crippen molar-refractivity contribution in [2.75, 3.05) is 0 Å². The maximum atomic E-state index is 2.48. The van der Waals surface area contributed by atoms with Gasteiger partial charge in [0, 0.05) is 0 Å². The molecule has 0 N–H and O–H groups in total. The van der Waals surface area contributed by atoms with Crippen LogP contribution in [0.25, 0.3) is 0 Å². The molecule has 20 heavy (non-hydrogen) atoms. The summed E-state index contributed by atoms with van der Waals surface area (Å²) in [5.74, 6) is 2.67. The van der Waals surface area contributed by atoms with Crippen LogP contribution in [0.5, 0.6) is 0 Å². The molecule has 112 valence electrons. The molecule has 0 aliphatic heterocycles. The molecule has 2 rings (SSSR count). The van der Waals surface area contributed by atoms with E-state index in [2.05, 4.69) is 45.0 Å². The molecule has 0 radical (unpaired) electrons. The molecule has 0 heterocycles. The summed E-state index contributed by atoms with van der Waals surface area (Å²) < 4.78 is 0. The second kappa shape index (κ2) is 7.86. The molecular formula is C20H32. The van der Waals surface area contributed by atoms with E-state index in [1.165, 1.54) is 50.5 Å². The van der Waals surface area contributed by atoms with Gasteiger partial charge in [-0.2, -0.15) is 0 Å². The Morgan fingerprint density at radius 2 is 1.75 bits per heavy atom. The van der Waals surface area contributed by atoms with E-state index in [-0.39, 0.29) is 0 Å². The Bertz CT molecular complexity index is 376. The van der Waals surface area contributed by atoms with E-state index >= 15 is 0 Å². The molecule has 0 amide bonds. The van der Waals surface area contributed by atoms with Gasteiger partial charge in [0.05, 0.1) is 0 Å². The molecule has 1 aromatic rings. The number of unbranched alkanes of at least 4 members (excludes halogenated alkanes) is 2. The smallest absolute Gasteiger partial charge is 0.0136 e. The molecule has 0 saturated heterocycles. The SMILES string of the molecule is CCCCCC1CCC(c2ccc(CC)cc2)C(C)C1. The van der Waals surface area contributed by atoms with E-state index in [1.807, 2.05) is 0 Å². The van der Waals surface area contributed by atoms with Crippen molar-refractivity contribution in [3.05, 3.63) is 35.4 Å². The van der Waals surface area contributed by atoms with Gasteiger partial charge in [-0.25, -0.2) is 0 Å². The molecule has 0 heteroatoms. The lowest BCUT2D eigenvalue weighted by Crippen LogP contribution is -2.21. The lowest BCUT2D eigenvalue weighted by Gasteiger charge is -2.34. The molecule has 0 spiro atoms. The van der Waals surface area contributed by atoms with Crippen molar-refractivity contribution in [3.8, 4) is 0 Å². The summed E-state index contributed by atoms with van der Waals surface area (Å²) in [6.45, 7) is 7.02. The lowest BCUT2D eigenvalue weighted by molar-refractivity contribution is 0.232. The maximum Gasteiger partial charge on any atom is -0.0136 e. The number of aryl methyl sites for hydroxylation is 1. The highest BCUT2D eigenvalue weighted by molar-refractivity contribution is 5.26. The van der Waals surface area contributed by atoms with Gasteiger partial charge in [0.1, 0.15) is 0 Å². The predicted octanol–water partition coefficient (Wildman–Crippen LogP) is 6.35. The van der Waals surface area contributed by atoms with Crippen molar-refractivity contribution < 1.29 is 0 Å². The van der Waals surface area contributed by atoms with E-state index in [0.717, 1.165) is 24.2 Å². The molecular weight excluding hydrogens is 240 g/mol. The summed E-state index contributed by atoms with van der Waals surface area (Å²) in [6, 6.07) is 9.43. The van der Waals surface area contributed by atoms with Gasteiger partial charge in [0.25, 0.3) is 0 Å². The van der Waals surface area contributed by atoms with Crippen molar-refractivity contribution in [2.24, 2.45) is 11.8 Å². The van der Waals surface area contributed by atoms with Crippen molar-refractivity contribution in [1.29, 1.82) is 0 Å². The van der Waals surface area contributed by atoms with Crippen molar-refractivity contribution >= 4 is 0 Å². The zero-order valence-electron chi connectivity index (χ0n) is 13.7. The van der Waals surface area contributed by atoms with Gasteiger partial charge in [-0.1, -0.05) is 70.7 Å². The van der Waals surface area contributed by atoms with Gasteiger partial charge in [-0.05, 0) is 54.6 Å². The Labute approximate surface area is 126 Å². The summed E-state index contributed by atoms with van der Waals surface area (Å²) >= 11 is 0. The Morgan fingerprint density at radius 3 is 2.35 bits per heavy atom. The molecule has 1 aromatic carbocycles. The standard InChI is InChI=1S/C20H32/c1-4-6-7-8-18-11-14-20(16(3)15-18)19-12-9-17(5-2)10-13-19/h9-10,12-13,16,18,20H,4-8,11,14-15H2,1-3H3. The summed E-state index contributed by atoms with van der Waals surface area (Å²) in [7, 11) is 0. The first-order valence-electron chi connectivity index (χ1n) is 8.83. The van der Waals surface area contributed by atoms with E-state index in [0.29, 0.717) is 0 Å². The number of rotatable bonds is 6. The molecule has 0 aromatic heterocycles. The Balaban J connectivity index is 1.88. The van der Waals surface area contributed by atoms with Crippen molar-refractivity contribution in [1.82, 2.24) is 0 Å². The average Bonchev–Trinajstić information content (AvgIpc) is 2.48. The quantitative estimate of drug-likeness (QED) is 0.529. The average molecular weight is 272 g/mol. The van der Waals surface area contributed by atoms with E-state index < -0.39 is 0 Å². The maximum absolute atomic E-state index is 2.48. The summed E-state index contributed by atoms with van der Waals surface area (Å²) in [6.07, 6.45) is 11.2. The molecule has 1 aliphatic carbocycles. The minimum absolute atomic E-state index is 0.809. The third-order valence-corrected chi connectivity index (χ3v) is 5.31. The third-order valence-electron chi connectivity index (χ3n) is 5.31. The molecule has 3 atom stereocenters. The minimum atomic E-state index is 0.809. The molecule has 3 unspecified atom stereocenters. The van der Waals surface area contributed by atoms with Crippen LogP contribution in [0.2, 0.25) is 0 Å². The number of hydrogen-bond acceptors (Lipinski definition) is 0. The van der Waals surface area contributed by atoms with Gasteiger partial charge >= 0.3 is 0 Å². The molecule has 0 nitrogen and oxygen atoms in total. The van der Waals surface area contributed by atoms with Crippen LogP contribution in [0.1, 0.15) is 82.8 Å². The highest BCUT2D eigenvalue weighted by Crippen LogP contribution is 2.41. The fraction of sp³-hybridized carbons (Fsp3) is 0.700. The van der Waals surface area contributed by atoms with E-state index in [1.54, 1.807) is 5.56 Å². The summed E-state index contributed by atoms with van der Waals surface area (Å²) in [4.78, 5) is 0. The van der Waals surface area contributed by atoms with Crippen LogP contribution in [-0.4, -0.2) is 0 Å². The molecule has 0 bridgehead atoms. The van der Waals surface area contributed by atoms with E-state index in [4.69, 9.17) is 0 Å². The molecule has 1 fully saturated rings. The van der Waals surface area contributed by atoms with Crippen molar-refractivity contribution in [3.63, 3.8) is 0 Å². The van der Waals surface area contributed by atoms with Gasteiger partial charge < -0.3 is 0 Å². The first-order valence-corrected chi connectivity index (χ1v) is 8.83. The van der Waals surface area contributed by atoms with Crippen molar-refractivity contribution in [2.45, 2.75) is 78.1 Å². The highest BCUT2D eigenvalue weighted by atomic mass is 14.3. The molecule has 1 saturated carbocycles. The Kier molecular flexibility index (Phi) is 6.13. The van der Waals surface area contributed by atoms with E-state index in [9.17, 15) is 0 Å². The van der Waals surface area contributed by atoms with Gasteiger partial charge in [-0.3, -0.25) is 0 Å². The lowest BCUT2D eigenvalue weighted by atomic mass is 9.71. The summed E-state index contributed by atoms with van der Waals surface area (Å²) in [5.41, 5.74) is 3.05. The van der Waals surface area contributed by atoms with Crippen LogP contribution >= 0.6 is 0 Å². The molecule has 1 aliphatic rings. The number of hydrogen-bond donors (Lipinski definition) is 0. The van der Waals surface area contributed by atoms with Crippen LogP contribution in [-0.2, 0) is 6.42 Å². The van der Waals surface area contributed by atoms with Gasteiger partial charge in [0.2, 0.25) is 0 Å². The van der Waals surface area contributed by atoms with Gasteiger partial charge in [-0.15, -0.1) is 0 Å². The Hall–Kier alpha value is -0.780. The van der Waals surface area contributed by atoms with Gasteiger partial charge in [0.15, 0.2) is 0 Å². The fourth-order valence-corrected chi connectivity index (χ4v) is 3.95. The zero-order valence-corrected chi connectivity index (χ0v) is 13.7. The zero-order chi connectivity index (χ0) is 14.4. The summed E-state index contributed by atoms with van der Waals surface area (Å²) in [5, 5.41) is 0. The van der Waals surface area contributed by atoms with Crippen LogP contribution < -0.4 is 0 Å². The topological polar surface area (TPSA) is 0 Å². The largest absolute Gasteiger partial charge is 0.0654 e. The van der Waals surface area contributed by atoms with Crippen LogP contribution in [0.3, 0.4) is 0 Å². The normalized spacial score (nSPS) is 26.6. The first-order chi connectivity index (χ1) is 9.74. The monoisotopic (exact) mass is 272 g/mol. The first kappa shape index (κ1) is 15.6. The third kappa shape index (κ3) is 4.11. The minimum Gasteiger partial charge on any atom is -0.0654 e. The highest BCUT2D eigenvalue weighted by Gasteiger charge is 2.28. The predicted molar refractivity (Wildman–Crippen MR) is 89.2 cm³/mol. The second-order valence-electron chi connectivity index (χ2n) is 6.85. The van der Waals surface area contributed by atoms with Crippen LogP contribution in [0.15, 0.2) is 24.3 Å². The second-order valence-corrected chi connectivity index (χ2v) is 6.85. The Morgan fingerprint density at radius 1 is 1.00 bits per heavy atom. The number of benzene rings is 1.